The highest BCUT2D eigenvalue weighted by Crippen LogP contribution is 2.71. The summed E-state index contributed by atoms with van der Waals surface area (Å²) in [6.45, 7) is 8.68. The summed E-state index contributed by atoms with van der Waals surface area (Å²) in [5.41, 5.74) is -0.205. The predicted octanol–water partition coefficient (Wildman–Crippen LogP) is 5.03. The second kappa shape index (κ2) is 8.19. The Kier molecular flexibility index (Phi) is 5.61. The Labute approximate surface area is 204 Å². The molecule has 1 aromatic heterocycles. The number of ether oxygens (including phenoxy) is 1. The fraction of sp³-hybridized carbons (Fsp3) is 0.793. The van der Waals surface area contributed by atoms with Crippen LogP contribution >= 0.6 is 0 Å². The normalized spacial score (nSPS) is 46.6. The Balaban J connectivity index is 1.33. The summed E-state index contributed by atoms with van der Waals surface area (Å²) in [5.74, 6) is 1.59. The zero-order chi connectivity index (χ0) is 23.6. The zero-order valence-electron chi connectivity index (χ0n) is 21.1. The van der Waals surface area contributed by atoms with E-state index in [9.17, 15) is 10.2 Å². The van der Waals surface area contributed by atoms with Crippen LogP contribution in [0.5, 0.6) is 0 Å². The lowest BCUT2D eigenvalue weighted by Crippen LogP contribution is -2.63. The van der Waals surface area contributed by atoms with E-state index in [1.165, 1.54) is 31.5 Å². The van der Waals surface area contributed by atoms with Gasteiger partial charge in [0.1, 0.15) is 11.4 Å². The molecule has 34 heavy (non-hydrogen) atoms. The Bertz CT molecular complexity index is 923. The number of hydrogen-bond donors (Lipinski definition) is 2. The van der Waals surface area contributed by atoms with E-state index in [1.54, 1.807) is 6.26 Å². The minimum Gasteiger partial charge on any atom is -0.466 e. The standard InChI is InChI=1S/C29H43NO4/c1-26-11-9-22(31)20-21(26)7-8-24-23(26)10-12-27(2)28(24,32)13-14-29(27,25-6-5-18-33-25)34-19-17-30-15-3-4-16-30/h5-7,18,22-24,31-32H,3-4,8-17,19-20H2,1-2H3/t22-,23-,24+,26-,27-,28-,29-/m0/s1. The van der Waals surface area contributed by atoms with Crippen LogP contribution in [0.3, 0.4) is 0 Å². The second-order valence-electron chi connectivity index (χ2n) is 12.5. The Morgan fingerprint density at radius 1 is 1.09 bits per heavy atom. The van der Waals surface area contributed by atoms with Crippen molar-refractivity contribution in [3.05, 3.63) is 35.8 Å². The first kappa shape index (κ1) is 23.3. The van der Waals surface area contributed by atoms with Crippen LogP contribution in [0.25, 0.3) is 0 Å². The third kappa shape index (κ3) is 3.12. The van der Waals surface area contributed by atoms with Gasteiger partial charge in [-0.1, -0.05) is 25.5 Å². The van der Waals surface area contributed by atoms with Crippen LogP contribution in [0, 0.1) is 22.7 Å². The molecule has 1 aliphatic heterocycles. The molecular weight excluding hydrogens is 426 g/mol. The van der Waals surface area contributed by atoms with Gasteiger partial charge in [0, 0.05) is 12.0 Å². The first-order chi connectivity index (χ1) is 16.3. The van der Waals surface area contributed by atoms with Gasteiger partial charge in [0.05, 0.1) is 24.6 Å². The maximum absolute atomic E-state index is 12.7. The average molecular weight is 470 g/mol. The molecule has 0 unspecified atom stereocenters. The lowest BCUT2D eigenvalue weighted by molar-refractivity contribution is -0.237. The molecule has 1 saturated heterocycles. The predicted molar refractivity (Wildman–Crippen MR) is 131 cm³/mol. The van der Waals surface area contributed by atoms with Crippen molar-refractivity contribution in [2.75, 3.05) is 26.2 Å². The van der Waals surface area contributed by atoms with Crippen molar-refractivity contribution >= 4 is 0 Å². The van der Waals surface area contributed by atoms with E-state index in [1.807, 2.05) is 6.07 Å². The molecule has 2 heterocycles. The third-order valence-corrected chi connectivity index (χ3v) is 11.3. The van der Waals surface area contributed by atoms with Crippen molar-refractivity contribution in [2.24, 2.45) is 22.7 Å². The van der Waals surface area contributed by atoms with E-state index < -0.39 is 11.2 Å². The van der Waals surface area contributed by atoms with Gasteiger partial charge in [-0.15, -0.1) is 0 Å². The monoisotopic (exact) mass is 469 g/mol. The quantitative estimate of drug-likeness (QED) is 0.593. The number of likely N-dealkylation sites (tertiary alicyclic amines) is 1. The van der Waals surface area contributed by atoms with Crippen molar-refractivity contribution in [3.8, 4) is 0 Å². The number of allylic oxidation sites excluding steroid dienone is 1. The highest BCUT2D eigenvalue weighted by Gasteiger charge is 2.73. The van der Waals surface area contributed by atoms with E-state index in [0.29, 0.717) is 12.5 Å². The molecule has 0 bridgehead atoms. The number of aliphatic hydroxyl groups is 2. The number of nitrogens with zero attached hydrogens (tertiary/aromatic N) is 1. The summed E-state index contributed by atoms with van der Waals surface area (Å²) in [5, 5.41) is 23.0. The van der Waals surface area contributed by atoms with E-state index >= 15 is 0 Å². The fourth-order valence-corrected chi connectivity index (χ4v) is 9.17. The van der Waals surface area contributed by atoms with E-state index in [0.717, 1.165) is 63.7 Å². The average Bonchev–Trinajstić information content (AvgIpc) is 3.57. The highest BCUT2D eigenvalue weighted by molar-refractivity contribution is 5.32. The van der Waals surface area contributed by atoms with Crippen LogP contribution in [0.15, 0.2) is 34.5 Å². The molecule has 6 rings (SSSR count). The van der Waals surface area contributed by atoms with Gasteiger partial charge >= 0.3 is 0 Å². The van der Waals surface area contributed by atoms with Gasteiger partial charge in [-0.3, -0.25) is 0 Å². The van der Waals surface area contributed by atoms with Crippen molar-refractivity contribution in [1.82, 2.24) is 4.90 Å². The van der Waals surface area contributed by atoms with Crippen LogP contribution in [0.1, 0.15) is 83.8 Å². The maximum Gasteiger partial charge on any atom is 0.136 e. The minimum atomic E-state index is -0.780. The largest absolute Gasteiger partial charge is 0.466 e. The first-order valence-electron chi connectivity index (χ1n) is 13.8. The van der Waals surface area contributed by atoms with Gasteiger partial charge in [-0.2, -0.15) is 0 Å². The van der Waals surface area contributed by atoms with Crippen LogP contribution in [0.2, 0.25) is 0 Å². The van der Waals surface area contributed by atoms with Crippen molar-refractivity contribution < 1.29 is 19.4 Å². The SMILES string of the molecule is C[C@]12CC[C@H]3[C@@H](CC=C4C[C@@H](O)CC[C@@]43C)[C@@]1(O)CC[C@]2(OCCN1CCCC1)c1ccco1. The molecule has 0 radical (unpaired) electrons. The van der Waals surface area contributed by atoms with Crippen LogP contribution in [0.4, 0.5) is 0 Å². The number of furan rings is 1. The first-order valence-corrected chi connectivity index (χ1v) is 13.8. The number of hydrogen-bond acceptors (Lipinski definition) is 5. The molecule has 4 aliphatic carbocycles. The topological polar surface area (TPSA) is 66.1 Å². The Morgan fingerprint density at radius 2 is 1.91 bits per heavy atom. The molecule has 5 aliphatic rings. The van der Waals surface area contributed by atoms with E-state index in [4.69, 9.17) is 9.15 Å². The summed E-state index contributed by atoms with van der Waals surface area (Å²) in [4.78, 5) is 2.50. The molecule has 0 aromatic carbocycles. The molecule has 2 N–H and O–H groups in total. The maximum atomic E-state index is 12.7. The summed E-state index contributed by atoms with van der Waals surface area (Å²) in [6, 6.07) is 4.04. The molecule has 0 spiro atoms. The number of fused-ring (bicyclic) bond motifs is 5. The Hall–Kier alpha value is -1.14. The van der Waals surface area contributed by atoms with Crippen molar-refractivity contribution in [2.45, 2.75) is 95.4 Å². The van der Waals surface area contributed by atoms with Gasteiger partial charge in [-0.05, 0) is 107 Å². The van der Waals surface area contributed by atoms with E-state index in [-0.39, 0.29) is 22.9 Å². The lowest BCUT2D eigenvalue weighted by Gasteiger charge is -2.62. The van der Waals surface area contributed by atoms with Crippen molar-refractivity contribution in [1.29, 1.82) is 0 Å². The molecular formula is C29H43NO4. The minimum absolute atomic E-state index is 0.103. The molecule has 3 saturated carbocycles. The van der Waals surface area contributed by atoms with Gasteiger partial charge in [0.15, 0.2) is 0 Å². The summed E-state index contributed by atoms with van der Waals surface area (Å²) in [6.07, 6.45) is 13.8. The van der Waals surface area contributed by atoms with Gasteiger partial charge in [-0.25, -0.2) is 0 Å². The Morgan fingerprint density at radius 3 is 2.68 bits per heavy atom. The van der Waals surface area contributed by atoms with Gasteiger partial charge in [0.2, 0.25) is 0 Å². The van der Waals surface area contributed by atoms with Gasteiger partial charge in [0.25, 0.3) is 0 Å². The number of aliphatic hydroxyl groups excluding tert-OH is 1. The van der Waals surface area contributed by atoms with Crippen LogP contribution in [-0.4, -0.2) is 53.1 Å². The zero-order valence-corrected chi connectivity index (χ0v) is 21.1. The van der Waals surface area contributed by atoms with Gasteiger partial charge < -0.3 is 24.3 Å². The summed E-state index contributed by atoms with van der Waals surface area (Å²) < 4.78 is 13.0. The molecule has 188 valence electrons. The second-order valence-corrected chi connectivity index (χ2v) is 12.5. The van der Waals surface area contributed by atoms with E-state index in [2.05, 4.69) is 30.9 Å². The number of rotatable bonds is 5. The highest BCUT2D eigenvalue weighted by atomic mass is 16.5. The lowest BCUT2D eigenvalue weighted by atomic mass is 9.45. The summed E-state index contributed by atoms with van der Waals surface area (Å²) in [7, 11) is 0. The van der Waals surface area contributed by atoms with Crippen LogP contribution in [-0.2, 0) is 10.3 Å². The molecule has 5 heteroatoms. The molecule has 4 fully saturated rings. The molecule has 7 atom stereocenters. The fourth-order valence-electron chi connectivity index (χ4n) is 9.17. The third-order valence-electron chi connectivity index (χ3n) is 11.3. The molecule has 0 amide bonds. The van der Waals surface area contributed by atoms with Crippen molar-refractivity contribution in [3.63, 3.8) is 0 Å². The summed E-state index contributed by atoms with van der Waals surface area (Å²) >= 11 is 0. The smallest absolute Gasteiger partial charge is 0.136 e. The molecule has 5 nitrogen and oxygen atoms in total. The molecule has 1 aromatic rings. The van der Waals surface area contributed by atoms with Crippen LogP contribution < -0.4 is 0 Å².